The van der Waals surface area contributed by atoms with Gasteiger partial charge in [0.25, 0.3) is 0 Å². The second-order valence-electron chi connectivity index (χ2n) is 15.1. The van der Waals surface area contributed by atoms with Crippen molar-refractivity contribution in [2.75, 3.05) is 0 Å². The van der Waals surface area contributed by atoms with Crippen LogP contribution in [-0.2, 0) is 5.41 Å². The summed E-state index contributed by atoms with van der Waals surface area (Å²) < 4.78 is 0. The SMILES string of the molecule is Cc1cnc2c(ccc3c(C)c(C)c(-c4cccc(-c5cccc(-c6cccc7c6-c6ccccc6C7(c6ccccc6)c6ccccc6)c5)c4)nc32)c1C. The van der Waals surface area contributed by atoms with Crippen LogP contribution < -0.4 is 0 Å². The number of aromatic nitrogens is 2. The zero-order valence-corrected chi connectivity index (χ0v) is 31.6. The van der Waals surface area contributed by atoms with Crippen LogP contribution in [0, 0.1) is 27.7 Å². The third-order valence-corrected chi connectivity index (χ3v) is 12.2. The molecule has 0 saturated heterocycles. The first-order chi connectivity index (χ1) is 26.9. The third-order valence-electron chi connectivity index (χ3n) is 12.2. The van der Waals surface area contributed by atoms with Crippen LogP contribution in [0.3, 0.4) is 0 Å². The Hall–Kier alpha value is -6.64. The average Bonchev–Trinajstić information content (AvgIpc) is 3.55. The molecule has 0 atom stereocenters. The molecule has 0 unspecified atom stereocenters. The summed E-state index contributed by atoms with van der Waals surface area (Å²) in [5.74, 6) is 0. The molecule has 0 bridgehead atoms. The molecule has 262 valence electrons. The van der Waals surface area contributed by atoms with Gasteiger partial charge in [-0.25, -0.2) is 4.98 Å². The van der Waals surface area contributed by atoms with Gasteiger partial charge in [-0.15, -0.1) is 0 Å². The highest BCUT2D eigenvalue weighted by Crippen LogP contribution is 2.58. The molecule has 0 amide bonds. The van der Waals surface area contributed by atoms with Gasteiger partial charge in [-0.2, -0.15) is 0 Å². The number of benzene rings is 7. The molecule has 2 heteroatoms. The minimum atomic E-state index is -0.433. The Labute approximate surface area is 322 Å². The minimum Gasteiger partial charge on any atom is -0.254 e. The lowest BCUT2D eigenvalue weighted by Crippen LogP contribution is -2.28. The molecular formula is C53H40N2. The van der Waals surface area contributed by atoms with Crippen molar-refractivity contribution in [3.63, 3.8) is 0 Å². The quantitative estimate of drug-likeness (QED) is 0.167. The fourth-order valence-electron chi connectivity index (χ4n) is 9.20. The van der Waals surface area contributed by atoms with Crippen molar-refractivity contribution in [1.82, 2.24) is 9.97 Å². The van der Waals surface area contributed by atoms with E-state index in [9.17, 15) is 0 Å². The molecule has 55 heavy (non-hydrogen) atoms. The van der Waals surface area contributed by atoms with Crippen molar-refractivity contribution in [2.45, 2.75) is 33.1 Å². The van der Waals surface area contributed by atoms with Crippen LogP contribution in [0.2, 0.25) is 0 Å². The molecule has 0 radical (unpaired) electrons. The first-order valence-electron chi connectivity index (χ1n) is 19.2. The van der Waals surface area contributed by atoms with Gasteiger partial charge >= 0.3 is 0 Å². The number of hydrogen-bond acceptors (Lipinski definition) is 2. The molecule has 9 aromatic rings. The van der Waals surface area contributed by atoms with Gasteiger partial charge in [-0.3, -0.25) is 4.98 Å². The molecule has 10 rings (SSSR count). The van der Waals surface area contributed by atoms with Gasteiger partial charge < -0.3 is 0 Å². The highest BCUT2D eigenvalue weighted by Gasteiger charge is 2.46. The zero-order valence-electron chi connectivity index (χ0n) is 31.6. The predicted molar refractivity (Wildman–Crippen MR) is 230 cm³/mol. The number of nitrogens with zero attached hydrogens (tertiary/aromatic N) is 2. The van der Waals surface area contributed by atoms with Crippen LogP contribution in [-0.4, -0.2) is 9.97 Å². The molecular weight excluding hydrogens is 665 g/mol. The first kappa shape index (κ1) is 33.0. The predicted octanol–water partition coefficient (Wildman–Crippen LogP) is 13.4. The Bertz CT molecular complexity index is 2920. The Morgan fingerprint density at radius 3 is 1.67 bits per heavy atom. The van der Waals surface area contributed by atoms with E-state index < -0.39 is 5.41 Å². The summed E-state index contributed by atoms with van der Waals surface area (Å²) in [7, 11) is 0. The van der Waals surface area contributed by atoms with E-state index in [0.717, 1.165) is 33.2 Å². The van der Waals surface area contributed by atoms with E-state index in [4.69, 9.17) is 9.97 Å². The lowest BCUT2D eigenvalue weighted by molar-refractivity contribution is 0.768. The second kappa shape index (κ2) is 12.7. The molecule has 7 aromatic carbocycles. The number of pyridine rings is 2. The van der Waals surface area contributed by atoms with E-state index in [1.165, 1.54) is 77.7 Å². The van der Waals surface area contributed by atoms with Crippen molar-refractivity contribution in [3.8, 4) is 44.6 Å². The van der Waals surface area contributed by atoms with Crippen molar-refractivity contribution in [1.29, 1.82) is 0 Å². The van der Waals surface area contributed by atoms with Gasteiger partial charge in [-0.05, 0) is 118 Å². The van der Waals surface area contributed by atoms with E-state index in [1.54, 1.807) is 0 Å². The van der Waals surface area contributed by atoms with E-state index in [0.29, 0.717) is 0 Å². The standard InChI is InChI=1S/C53H40N2/c1-33-32-54-51-43(34(33)2)28-29-44-35(3)36(4)50(55-52(44)51)40-19-14-17-38(31-40)37-16-13-18-39(30-37)45-25-15-27-48-49(45)46-24-11-12-26-47(46)53(48,41-20-7-5-8-21-41)42-22-9-6-10-23-42/h5-32H,1-4H3. The largest absolute Gasteiger partial charge is 0.254 e. The van der Waals surface area contributed by atoms with Gasteiger partial charge in [0.05, 0.1) is 22.1 Å². The lowest BCUT2D eigenvalue weighted by atomic mass is 9.67. The van der Waals surface area contributed by atoms with E-state index >= 15 is 0 Å². The van der Waals surface area contributed by atoms with Crippen LogP contribution in [0.25, 0.3) is 66.4 Å². The van der Waals surface area contributed by atoms with Gasteiger partial charge in [0.2, 0.25) is 0 Å². The van der Waals surface area contributed by atoms with Crippen molar-refractivity contribution in [2.24, 2.45) is 0 Å². The zero-order chi connectivity index (χ0) is 37.3. The molecule has 0 aliphatic heterocycles. The van der Waals surface area contributed by atoms with Crippen molar-refractivity contribution < 1.29 is 0 Å². The van der Waals surface area contributed by atoms with Crippen LogP contribution >= 0.6 is 0 Å². The second-order valence-corrected chi connectivity index (χ2v) is 15.1. The normalized spacial score (nSPS) is 12.9. The minimum absolute atomic E-state index is 0.433. The van der Waals surface area contributed by atoms with E-state index in [2.05, 4.69) is 191 Å². The first-order valence-corrected chi connectivity index (χ1v) is 19.2. The summed E-state index contributed by atoms with van der Waals surface area (Å²) in [5.41, 5.74) is 21.1. The Kier molecular flexibility index (Phi) is 7.64. The summed E-state index contributed by atoms with van der Waals surface area (Å²) in [4.78, 5) is 10.3. The van der Waals surface area contributed by atoms with Crippen molar-refractivity contribution in [3.05, 3.63) is 214 Å². The molecule has 1 aliphatic rings. The molecule has 2 aromatic heterocycles. The summed E-state index contributed by atoms with van der Waals surface area (Å²) in [6.07, 6.45) is 1.98. The molecule has 0 spiro atoms. The Balaban J connectivity index is 1.13. The highest BCUT2D eigenvalue weighted by molar-refractivity contribution is 6.06. The topological polar surface area (TPSA) is 25.8 Å². The monoisotopic (exact) mass is 704 g/mol. The van der Waals surface area contributed by atoms with Crippen LogP contribution in [0.5, 0.6) is 0 Å². The summed E-state index contributed by atoms with van der Waals surface area (Å²) >= 11 is 0. The average molecular weight is 705 g/mol. The van der Waals surface area contributed by atoms with E-state index in [-0.39, 0.29) is 0 Å². The van der Waals surface area contributed by atoms with Crippen molar-refractivity contribution >= 4 is 21.8 Å². The molecule has 2 nitrogen and oxygen atoms in total. The van der Waals surface area contributed by atoms with Crippen LogP contribution in [0.4, 0.5) is 0 Å². The van der Waals surface area contributed by atoms with Crippen LogP contribution in [0.1, 0.15) is 44.5 Å². The maximum atomic E-state index is 5.37. The van der Waals surface area contributed by atoms with Gasteiger partial charge in [0.1, 0.15) is 0 Å². The molecule has 2 heterocycles. The number of aryl methyl sites for hydroxylation is 3. The summed E-state index contributed by atoms with van der Waals surface area (Å²) in [5, 5.41) is 2.33. The van der Waals surface area contributed by atoms with Gasteiger partial charge in [-0.1, -0.05) is 152 Å². The van der Waals surface area contributed by atoms with Gasteiger partial charge in [0, 0.05) is 22.5 Å². The molecule has 1 aliphatic carbocycles. The smallest absolute Gasteiger partial charge is 0.0975 e. The Morgan fingerprint density at radius 2 is 0.964 bits per heavy atom. The summed E-state index contributed by atoms with van der Waals surface area (Å²) in [6.45, 7) is 8.71. The lowest BCUT2D eigenvalue weighted by Gasteiger charge is -2.34. The fourth-order valence-corrected chi connectivity index (χ4v) is 9.20. The maximum absolute atomic E-state index is 5.37. The fraction of sp³-hybridized carbons (Fsp3) is 0.0943. The Morgan fingerprint density at radius 1 is 0.418 bits per heavy atom. The van der Waals surface area contributed by atoms with Gasteiger partial charge in [0.15, 0.2) is 0 Å². The van der Waals surface area contributed by atoms with Crippen LogP contribution in [0.15, 0.2) is 170 Å². The highest BCUT2D eigenvalue weighted by atomic mass is 14.8. The van der Waals surface area contributed by atoms with E-state index in [1.807, 2.05) is 6.20 Å². The number of hydrogen-bond donors (Lipinski definition) is 0. The summed E-state index contributed by atoms with van der Waals surface area (Å²) in [6, 6.07) is 60.2. The third kappa shape index (κ3) is 4.95. The molecule has 0 saturated carbocycles. The molecule has 0 N–H and O–H groups in total. The number of rotatable bonds is 5. The maximum Gasteiger partial charge on any atom is 0.0975 e. The molecule has 0 fully saturated rings. The number of fused-ring (bicyclic) bond motifs is 6.